The number of urea groups is 1. The summed E-state index contributed by atoms with van der Waals surface area (Å²) in [5.74, 6) is -1.43. The predicted octanol–water partition coefficient (Wildman–Crippen LogP) is 4.53. The van der Waals surface area contributed by atoms with E-state index >= 15 is 0 Å². The minimum absolute atomic E-state index is 0.348. The molecule has 4 rings (SSSR count). The number of carbonyl (C=O) groups excluding carboxylic acids is 1. The first-order chi connectivity index (χ1) is 15.0. The highest BCUT2D eigenvalue weighted by atomic mass is 16.4. The zero-order valence-electron chi connectivity index (χ0n) is 17.8. The van der Waals surface area contributed by atoms with Crippen LogP contribution >= 0.6 is 0 Å². The average molecular weight is 418 g/mol. The van der Waals surface area contributed by atoms with Crippen LogP contribution in [0.5, 0.6) is 0 Å². The van der Waals surface area contributed by atoms with Crippen molar-refractivity contribution in [2.24, 2.45) is 0 Å². The molecule has 6 heteroatoms. The second-order valence-electron chi connectivity index (χ2n) is 8.08. The number of amides is 2. The van der Waals surface area contributed by atoms with Gasteiger partial charge in [-0.25, -0.2) is 9.59 Å². The first kappa shape index (κ1) is 20.7. The van der Waals surface area contributed by atoms with E-state index in [2.05, 4.69) is 35.4 Å². The highest BCUT2D eigenvalue weighted by molar-refractivity contribution is 5.87. The smallest absolute Gasteiger partial charge is 0.326 e. The summed E-state index contributed by atoms with van der Waals surface area (Å²) in [7, 11) is 0. The van der Waals surface area contributed by atoms with Crippen LogP contribution in [0.1, 0.15) is 36.0 Å². The van der Waals surface area contributed by atoms with E-state index in [1.54, 1.807) is 4.90 Å². The van der Waals surface area contributed by atoms with Crippen molar-refractivity contribution in [3.63, 3.8) is 0 Å². The van der Waals surface area contributed by atoms with Gasteiger partial charge in [0.1, 0.15) is 6.04 Å². The van der Waals surface area contributed by atoms with E-state index in [4.69, 9.17) is 0 Å². The van der Waals surface area contributed by atoms with Crippen molar-refractivity contribution in [3.8, 4) is 0 Å². The lowest BCUT2D eigenvalue weighted by atomic mass is 9.93. The molecule has 2 atom stereocenters. The second kappa shape index (κ2) is 8.68. The number of carboxylic acid groups (broad SMARTS) is 1. The molecular weight excluding hydrogens is 390 g/mol. The summed E-state index contributed by atoms with van der Waals surface area (Å²) in [5, 5.41) is 13.5. The summed E-state index contributed by atoms with van der Waals surface area (Å²) < 4.78 is 0. The topological polar surface area (TPSA) is 85.4 Å². The Balaban J connectivity index is 1.47. The lowest BCUT2D eigenvalue weighted by Crippen LogP contribution is -2.50. The van der Waals surface area contributed by atoms with Crippen LogP contribution in [0, 0.1) is 6.92 Å². The van der Waals surface area contributed by atoms with E-state index in [1.165, 1.54) is 16.7 Å². The largest absolute Gasteiger partial charge is 0.480 e. The molecule has 1 aliphatic rings. The molecule has 0 unspecified atom stereocenters. The third kappa shape index (κ3) is 4.19. The van der Waals surface area contributed by atoms with E-state index < -0.39 is 12.0 Å². The van der Waals surface area contributed by atoms with Crippen molar-refractivity contribution in [2.75, 3.05) is 13.1 Å². The van der Waals surface area contributed by atoms with Crippen molar-refractivity contribution in [1.82, 2.24) is 15.2 Å². The molecule has 1 aliphatic heterocycles. The Kier molecular flexibility index (Phi) is 5.80. The Morgan fingerprint density at radius 2 is 1.87 bits per heavy atom. The number of H-pyrrole nitrogens is 1. The average Bonchev–Trinajstić information content (AvgIpc) is 3.21. The quantitative estimate of drug-likeness (QED) is 0.570. The molecule has 160 valence electrons. The van der Waals surface area contributed by atoms with Crippen LogP contribution in [-0.4, -0.2) is 46.1 Å². The van der Waals surface area contributed by atoms with Crippen LogP contribution in [-0.2, 0) is 4.79 Å². The maximum absolute atomic E-state index is 12.9. The molecule has 0 saturated heterocycles. The first-order valence-corrected chi connectivity index (χ1v) is 10.5. The molecule has 2 amide bonds. The highest BCUT2D eigenvalue weighted by Crippen LogP contribution is 2.29. The third-order valence-electron chi connectivity index (χ3n) is 6.14. The van der Waals surface area contributed by atoms with Gasteiger partial charge < -0.3 is 20.3 Å². The number of para-hydroxylation sites is 1. The lowest BCUT2D eigenvalue weighted by Gasteiger charge is -2.30. The minimum Gasteiger partial charge on any atom is -0.480 e. The minimum atomic E-state index is -1.04. The Labute approximate surface area is 181 Å². The van der Waals surface area contributed by atoms with Gasteiger partial charge in [-0.2, -0.15) is 0 Å². The zero-order valence-corrected chi connectivity index (χ0v) is 17.8. The molecule has 3 aromatic rings. The number of aliphatic carboxylic acids is 1. The van der Waals surface area contributed by atoms with Crippen LogP contribution in [0.15, 0.2) is 60.8 Å². The van der Waals surface area contributed by atoms with Crippen LogP contribution in [0.4, 0.5) is 4.79 Å². The number of nitrogens with zero attached hydrogens (tertiary/aromatic N) is 1. The van der Waals surface area contributed by atoms with Gasteiger partial charge in [0.15, 0.2) is 0 Å². The number of aromatic amines is 1. The molecule has 0 radical (unpaired) electrons. The van der Waals surface area contributed by atoms with Crippen LogP contribution in [0.25, 0.3) is 16.5 Å². The SMILES string of the molecule is Cc1ccccc1C1=CCN(C(=O)N[C@@H](C(=O)O)[C@@H](C)c2c[nH]c3ccccc23)CC1. The fourth-order valence-corrected chi connectivity index (χ4v) is 4.31. The van der Waals surface area contributed by atoms with Crippen LogP contribution in [0.2, 0.25) is 0 Å². The third-order valence-corrected chi connectivity index (χ3v) is 6.14. The van der Waals surface area contributed by atoms with E-state index in [-0.39, 0.29) is 11.9 Å². The predicted molar refractivity (Wildman–Crippen MR) is 122 cm³/mol. The first-order valence-electron chi connectivity index (χ1n) is 10.5. The molecule has 31 heavy (non-hydrogen) atoms. The van der Waals surface area contributed by atoms with E-state index in [1.807, 2.05) is 49.5 Å². The van der Waals surface area contributed by atoms with Crippen molar-refractivity contribution in [1.29, 1.82) is 0 Å². The number of benzene rings is 2. The van der Waals surface area contributed by atoms with Gasteiger partial charge in [0.25, 0.3) is 0 Å². The molecule has 1 aromatic heterocycles. The van der Waals surface area contributed by atoms with Gasteiger partial charge in [0.2, 0.25) is 0 Å². The summed E-state index contributed by atoms with van der Waals surface area (Å²) in [6.07, 6.45) is 4.63. The van der Waals surface area contributed by atoms with Crippen molar-refractivity contribution in [3.05, 3.63) is 77.5 Å². The fourth-order valence-electron chi connectivity index (χ4n) is 4.31. The summed E-state index contributed by atoms with van der Waals surface area (Å²) in [4.78, 5) is 29.7. The van der Waals surface area contributed by atoms with Gasteiger partial charge in [0, 0.05) is 36.1 Å². The zero-order chi connectivity index (χ0) is 22.0. The number of aryl methyl sites for hydroxylation is 1. The number of carboxylic acids is 1. The number of hydrogen-bond acceptors (Lipinski definition) is 2. The molecule has 2 heterocycles. The van der Waals surface area contributed by atoms with Gasteiger partial charge in [-0.05, 0) is 41.7 Å². The maximum atomic E-state index is 12.9. The molecule has 0 saturated carbocycles. The van der Waals surface area contributed by atoms with E-state index in [9.17, 15) is 14.7 Å². The van der Waals surface area contributed by atoms with E-state index in [0.29, 0.717) is 13.1 Å². The fraction of sp³-hybridized carbons (Fsp3) is 0.280. The number of fused-ring (bicyclic) bond motifs is 1. The van der Waals surface area contributed by atoms with Gasteiger partial charge in [-0.15, -0.1) is 0 Å². The standard InChI is InChI=1S/C25H27N3O3/c1-16-7-3-4-8-19(16)18-11-13-28(14-12-18)25(31)27-23(24(29)30)17(2)21-15-26-22-10-6-5-9-20(21)22/h3-11,15,17,23,26H,12-14H2,1-2H3,(H,27,31)(H,29,30)/t17-,23+/m0/s1. The van der Waals surface area contributed by atoms with E-state index in [0.717, 1.165) is 22.9 Å². The molecule has 3 N–H and O–H groups in total. The molecule has 6 nitrogen and oxygen atoms in total. The lowest BCUT2D eigenvalue weighted by molar-refractivity contribution is -0.139. The molecule has 0 fully saturated rings. The number of rotatable bonds is 5. The second-order valence-corrected chi connectivity index (χ2v) is 8.08. The number of carbonyl (C=O) groups is 2. The monoisotopic (exact) mass is 417 g/mol. The summed E-state index contributed by atoms with van der Waals surface area (Å²) in [6, 6.07) is 14.6. The highest BCUT2D eigenvalue weighted by Gasteiger charge is 2.31. The Morgan fingerprint density at radius 3 is 2.58 bits per heavy atom. The van der Waals surface area contributed by atoms with Crippen molar-refractivity contribution in [2.45, 2.75) is 32.2 Å². The number of nitrogens with one attached hydrogen (secondary N) is 2. The number of aromatic nitrogens is 1. The molecular formula is C25H27N3O3. The summed E-state index contributed by atoms with van der Waals surface area (Å²) in [5.41, 5.74) is 5.47. The molecule has 0 aliphatic carbocycles. The Hall–Kier alpha value is -3.54. The van der Waals surface area contributed by atoms with Gasteiger partial charge in [0.05, 0.1) is 0 Å². The Bertz CT molecular complexity index is 1150. The van der Waals surface area contributed by atoms with Gasteiger partial charge >= 0.3 is 12.0 Å². The van der Waals surface area contributed by atoms with Crippen LogP contribution < -0.4 is 5.32 Å². The van der Waals surface area contributed by atoms with Crippen LogP contribution in [0.3, 0.4) is 0 Å². The molecule has 0 bridgehead atoms. The molecule has 0 spiro atoms. The van der Waals surface area contributed by atoms with Crippen molar-refractivity contribution < 1.29 is 14.7 Å². The maximum Gasteiger partial charge on any atom is 0.326 e. The number of hydrogen-bond donors (Lipinski definition) is 3. The van der Waals surface area contributed by atoms with Gasteiger partial charge in [-0.1, -0.05) is 55.5 Å². The Morgan fingerprint density at radius 1 is 1.13 bits per heavy atom. The summed E-state index contributed by atoms with van der Waals surface area (Å²) in [6.45, 7) is 4.93. The normalized spacial score (nSPS) is 15.9. The molecule has 2 aromatic carbocycles. The summed E-state index contributed by atoms with van der Waals surface area (Å²) >= 11 is 0. The van der Waals surface area contributed by atoms with Crippen molar-refractivity contribution >= 4 is 28.5 Å². The van der Waals surface area contributed by atoms with Gasteiger partial charge in [-0.3, -0.25) is 0 Å².